The van der Waals surface area contributed by atoms with Crippen LogP contribution >= 0.6 is 0 Å². The third kappa shape index (κ3) is 5.19. The number of fused-ring (bicyclic) bond motifs is 2. The van der Waals surface area contributed by atoms with Gasteiger partial charge in [0, 0.05) is 26.2 Å². The number of imidazole rings is 1. The number of carbonyl (C=O) groups excluding carboxylic acids is 1. The summed E-state index contributed by atoms with van der Waals surface area (Å²) in [7, 11) is 1.47. The molecule has 0 spiro atoms. The number of benzene rings is 1. The molecule has 14 heteroatoms. The molecule has 5 heterocycles. The normalized spacial score (nSPS) is 17.0. The van der Waals surface area contributed by atoms with Crippen molar-refractivity contribution in [3.63, 3.8) is 0 Å². The summed E-state index contributed by atoms with van der Waals surface area (Å²) in [5.41, 5.74) is 0.666. The molecule has 0 N–H and O–H groups in total. The van der Waals surface area contributed by atoms with Crippen LogP contribution in [0.25, 0.3) is 28.0 Å². The Bertz CT molecular complexity index is 1600. The minimum absolute atomic E-state index is 0.0596. The highest BCUT2D eigenvalue weighted by molar-refractivity contribution is 5.89. The molecule has 0 bridgehead atoms. The van der Waals surface area contributed by atoms with Crippen molar-refractivity contribution in [3.8, 4) is 11.7 Å². The summed E-state index contributed by atoms with van der Waals surface area (Å²) in [6, 6.07) is 5.04. The maximum Gasteiger partial charge on any atom is 0.410 e. The molecule has 0 aliphatic carbocycles. The number of alkyl halides is 2. The highest BCUT2D eigenvalue weighted by Gasteiger charge is 2.31. The number of ether oxygens (including phenoxy) is 3. The topological polar surface area (TPSA) is 113 Å². The summed E-state index contributed by atoms with van der Waals surface area (Å²) in [6.07, 6.45) is -0.221. The standard InChI is InChI=1S/C28H34F2N8O4/c1-28(2,3)42-27(39)36-10-8-17(9-11-36)38-24-18(16-31-38)23(35-12-14-41-15-13-35)33-26(34-24)37-19-6-5-7-20(40-4)21(19)32-25(37)22(29)30/h5-7,16-17,22H,8-15H2,1-4H3. The molecule has 12 nitrogen and oxygen atoms in total. The van der Waals surface area contributed by atoms with E-state index in [1.165, 1.54) is 11.7 Å². The van der Waals surface area contributed by atoms with Gasteiger partial charge in [-0.2, -0.15) is 15.1 Å². The zero-order valence-corrected chi connectivity index (χ0v) is 24.1. The monoisotopic (exact) mass is 584 g/mol. The molecule has 2 aliphatic rings. The predicted octanol–water partition coefficient (Wildman–Crippen LogP) is 4.52. The maximum atomic E-state index is 14.4. The van der Waals surface area contributed by atoms with E-state index in [1.54, 1.807) is 29.3 Å². The molecule has 4 aromatic rings. The van der Waals surface area contributed by atoms with Crippen molar-refractivity contribution in [3.05, 3.63) is 30.2 Å². The zero-order chi connectivity index (χ0) is 29.6. The number of carbonyl (C=O) groups is 1. The van der Waals surface area contributed by atoms with Gasteiger partial charge in [-0.15, -0.1) is 0 Å². The number of halogens is 2. The van der Waals surface area contributed by atoms with Crippen molar-refractivity contribution >= 4 is 34.0 Å². The summed E-state index contributed by atoms with van der Waals surface area (Å²) in [5, 5.41) is 5.42. The number of anilines is 1. The zero-order valence-electron chi connectivity index (χ0n) is 24.1. The lowest BCUT2D eigenvalue weighted by Gasteiger charge is -2.33. The van der Waals surface area contributed by atoms with Gasteiger partial charge < -0.3 is 24.0 Å². The van der Waals surface area contributed by atoms with Gasteiger partial charge in [0.25, 0.3) is 6.43 Å². The fraction of sp³-hybridized carbons (Fsp3) is 0.536. The van der Waals surface area contributed by atoms with E-state index in [0.717, 1.165) is 5.39 Å². The number of hydrogen-bond donors (Lipinski definition) is 0. The molecular formula is C28H34F2N8O4. The second-order valence-corrected chi connectivity index (χ2v) is 11.4. The van der Waals surface area contributed by atoms with Crippen molar-refractivity contribution in [2.75, 3.05) is 51.4 Å². The average Bonchev–Trinajstić information content (AvgIpc) is 3.58. The smallest absolute Gasteiger partial charge is 0.410 e. The first kappa shape index (κ1) is 28.1. The Balaban J connectivity index is 1.44. The molecule has 2 fully saturated rings. The molecule has 1 amide bonds. The summed E-state index contributed by atoms with van der Waals surface area (Å²) in [6.45, 7) is 8.74. The van der Waals surface area contributed by atoms with Gasteiger partial charge in [0.2, 0.25) is 5.95 Å². The molecule has 42 heavy (non-hydrogen) atoms. The summed E-state index contributed by atoms with van der Waals surface area (Å²) < 4.78 is 48.4. The van der Waals surface area contributed by atoms with Crippen molar-refractivity contribution in [2.45, 2.75) is 51.7 Å². The minimum atomic E-state index is -2.88. The Kier molecular flexibility index (Phi) is 7.33. The maximum absolute atomic E-state index is 14.4. The van der Waals surface area contributed by atoms with E-state index in [-0.39, 0.29) is 18.1 Å². The van der Waals surface area contributed by atoms with Crippen LogP contribution in [0.4, 0.5) is 19.4 Å². The van der Waals surface area contributed by atoms with Crippen LogP contribution in [0.3, 0.4) is 0 Å². The van der Waals surface area contributed by atoms with Crippen molar-refractivity contribution < 1.29 is 27.8 Å². The number of morpholine rings is 1. The highest BCUT2D eigenvalue weighted by atomic mass is 19.3. The van der Waals surface area contributed by atoms with Crippen LogP contribution in [0.1, 0.15) is 51.9 Å². The Morgan fingerprint density at radius 2 is 1.81 bits per heavy atom. The third-order valence-electron chi connectivity index (χ3n) is 7.48. The highest BCUT2D eigenvalue weighted by Crippen LogP contribution is 2.35. The molecule has 0 saturated carbocycles. The number of nitrogens with zero attached hydrogens (tertiary/aromatic N) is 8. The van der Waals surface area contributed by atoms with Gasteiger partial charge in [-0.1, -0.05) is 6.07 Å². The number of para-hydroxylation sites is 1. The van der Waals surface area contributed by atoms with Gasteiger partial charge in [-0.25, -0.2) is 23.2 Å². The SMILES string of the molecule is COc1cccc2c1nc(C(F)F)n2-c1nc(N2CCOCC2)c2cnn(C3CCN(C(=O)OC(C)(C)C)CC3)c2n1. The van der Waals surface area contributed by atoms with E-state index >= 15 is 0 Å². The molecule has 0 unspecified atom stereocenters. The van der Waals surface area contributed by atoms with Crippen LogP contribution in [-0.2, 0) is 9.47 Å². The predicted molar refractivity (Wildman–Crippen MR) is 151 cm³/mol. The number of aromatic nitrogens is 6. The summed E-state index contributed by atoms with van der Waals surface area (Å²) in [4.78, 5) is 30.3. The number of methoxy groups -OCH3 is 1. The summed E-state index contributed by atoms with van der Waals surface area (Å²) >= 11 is 0. The van der Waals surface area contributed by atoms with Crippen molar-refractivity contribution in [2.24, 2.45) is 0 Å². The van der Waals surface area contributed by atoms with E-state index in [1.807, 2.05) is 25.5 Å². The van der Waals surface area contributed by atoms with Crippen molar-refractivity contribution in [1.29, 1.82) is 0 Å². The lowest BCUT2D eigenvalue weighted by Crippen LogP contribution is -2.42. The molecule has 1 aromatic carbocycles. The fourth-order valence-corrected chi connectivity index (χ4v) is 5.52. The van der Waals surface area contributed by atoms with Crippen molar-refractivity contribution in [1.82, 2.24) is 34.2 Å². The molecule has 2 saturated heterocycles. The van der Waals surface area contributed by atoms with Crippen LogP contribution in [-0.4, -0.2) is 92.4 Å². The molecule has 3 aromatic heterocycles. The van der Waals surface area contributed by atoms with Gasteiger partial charge in [-0.3, -0.25) is 4.57 Å². The van der Waals surface area contributed by atoms with E-state index in [9.17, 15) is 13.6 Å². The Labute approximate surface area is 241 Å². The second kappa shape index (κ2) is 11.0. The van der Waals surface area contributed by atoms with Gasteiger partial charge in [-0.05, 0) is 45.7 Å². The first-order valence-corrected chi connectivity index (χ1v) is 14.0. The van der Waals surface area contributed by atoms with E-state index in [4.69, 9.17) is 29.3 Å². The quantitative estimate of drug-likeness (QED) is 0.334. The molecule has 0 atom stereocenters. The Hall–Kier alpha value is -4.07. The van der Waals surface area contributed by atoms with Gasteiger partial charge in [0.1, 0.15) is 22.7 Å². The second-order valence-electron chi connectivity index (χ2n) is 11.4. The number of rotatable bonds is 5. The summed E-state index contributed by atoms with van der Waals surface area (Å²) in [5.74, 6) is 0.576. The van der Waals surface area contributed by atoms with E-state index in [2.05, 4.69) is 9.88 Å². The van der Waals surface area contributed by atoms with Gasteiger partial charge in [0.15, 0.2) is 11.5 Å². The van der Waals surface area contributed by atoms with Crippen LogP contribution in [0.15, 0.2) is 24.4 Å². The first-order chi connectivity index (χ1) is 20.1. The third-order valence-corrected chi connectivity index (χ3v) is 7.48. The largest absolute Gasteiger partial charge is 0.494 e. The molecule has 2 aliphatic heterocycles. The van der Waals surface area contributed by atoms with Crippen LogP contribution in [0.2, 0.25) is 0 Å². The lowest BCUT2D eigenvalue weighted by molar-refractivity contribution is 0.0186. The van der Waals surface area contributed by atoms with Gasteiger partial charge >= 0.3 is 6.09 Å². The Morgan fingerprint density at radius 3 is 2.48 bits per heavy atom. The number of amides is 1. The van der Waals surface area contributed by atoms with Crippen LogP contribution < -0.4 is 9.64 Å². The Morgan fingerprint density at radius 1 is 1.07 bits per heavy atom. The first-order valence-electron chi connectivity index (χ1n) is 14.0. The number of hydrogen-bond acceptors (Lipinski definition) is 9. The average molecular weight is 585 g/mol. The van der Waals surface area contributed by atoms with Crippen LogP contribution in [0, 0.1) is 0 Å². The minimum Gasteiger partial charge on any atom is -0.494 e. The van der Waals surface area contributed by atoms with E-state index in [0.29, 0.717) is 80.5 Å². The lowest BCUT2D eigenvalue weighted by atomic mass is 10.1. The molecule has 224 valence electrons. The number of likely N-dealkylation sites (tertiary alicyclic amines) is 1. The molecule has 6 rings (SSSR count). The van der Waals surface area contributed by atoms with Gasteiger partial charge in [0.05, 0.1) is 43.5 Å². The van der Waals surface area contributed by atoms with Crippen LogP contribution in [0.5, 0.6) is 5.75 Å². The number of piperidine rings is 1. The molecular weight excluding hydrogens is 550 g/mol. The fourth-order valence-electron chi connectivity index (χ4n) is 5.52. The van der Waals surface area contributed by atoms with E-state index < -0.39 is 17.9 Å². The molecule has 0 radical (unpaired) electrons.